The molecule has 0 amide bonds. The Hall–Kier alpha value is -2.94. The lowest BCUT2D eigenvalue weighted by atomic mass is 10.2. The van der Waals surface area contributed by atoms with Gasteiger partial charge in [-0.2, -0.15) is 8.78 Å². The van der Waals surface area contributed by atoms with Crippen LogP contribution in [0.3, 0.4) is 0 Å². The second-order valence-electron chi connectivity index (χ2n) is 6.65. The third-order valence-corrected chi connectivity index (χ3v) is 5.92. The van der Waals surface area contributed by atoms with Gasteiger partial charge < -0.3 is 9.30 Å². The zero-order valence-electron chi connectivity index (χ0n) is 16.8. The van der Waals surface area contributed by atoms with E-state index in [0.717, 1.165) is 21.7 Å². The number of benzene rings is 2. The van der Waals surface area contributed by atoms with E-state index >= 15 is 0 Å². The molecular formula is C21H21F2N5OS. The zero-order chi connectivity index (χ0) is 21.3. The highest BCUT2D eigenvalue weighted by molar-refractivity contribution is 7.99. The number of rotatable bonds is 7. The van der Waals surface area contributed by atoms with Crippen molar-refractivity contribution in [2.75, 3.05) is 7.11 Å². The largest absolute Gasteiger partial charge is 0.497 e. The highest BCUT2D eigenvalue weighted by Crippen LogP contribution is 2.38. The number of aromatic nitrogens is 5. The van der Waals surface area contributed by atoms with Crippen LogP contribution in [-0.4, -0.2) is 31.4 Å². The highest BCUT2D eigenvalue weighted by atomic mass is 32.2. The van der Waals surface area contributed by atoms with Crippen molar-refractivity contribution in [2.45, 2.75) is 37.3 Å². The maximum absolute atomic E-state index is 13.8. The fourth-order valence-corrected chi connectivity index (χ4v) is 4.40. The van der Waals surface area contributed by atoms with Crippen LogP contribution in [0.25, 0.3) is 22.4 Å². The van der Waals surface area contributed by atoms with E-state index < -0.39 is 6.55 Å². The molecular weight excluding hydrogens is 408 g/mol. The molecule has 0 saturated heterocycles. The number of nitrogens with zero attached hydrogens (tertiary/aromatic N) is 5. The molecule has 1 unspecified atom stereocenters. The van der Waals surface area contributed by atoms with Gasteiger partial charge in [0.05, 0.1) is 23.4 Å². The van der Waals surface area contributed by atoms with Crippen LogP contribution in [0, 0.1) is 0 Å². The summed E-state index contributed by atoms with van der Waals surface area (Å²) in [6.07, 6.45) is 0. The smallest absolute Gasteiger partial charge is 0.320 e. The van der Waals surface area contributed by atoms with Gasteiger partial charge in [-0.3, -0.25) is 4.57 Å². The average molecular weight is 429 g/mol. The Morgan fingerprint density at radius 1 is 1.07 bits per heavy atom. The van der Waals surface area contributed by atoms with E-state index in [9.17, 15) is 8.78 Å². The van der Waals surface area contributed by atoms with E-state index in [1.54, 1.807) is 31.4 Å². The molecule has 6 nitrogen and oxygen atoms in total. The van der Waals surface area contributed by atoms with E-state index in [2.05, 4.69) is 15.2 Å². The van der Waals surface area contributed by atoms with E-state index in [-0.39, 0.29) is 5.25 Å². The fourth-order valence-electron chi connectivity index (χ4n) is 3.38. The molecule has 0 bridgehead atoms. The summed E-state index contributed by atoms with van der Waals surface area (Å²) >= 11 is 1.37. The number of alkyl halides is 2. The summed E-state index contributed by atoms with van der Waals surface area (Å²) < 4.78 is 35.8. The predicted molar refractivity (Wildman–Crippen MR) is 113 cm³/mol. The molecule has 4 aromatic rings. The van der Waals surface area contributed by atoms with E-state index in [4.69, 9.17) is 4.74 Å². The predicted octanol–water partition coefficient (Wildman–Crippen LogP) is 5.57. The molecule has 0 fully saturated rings. The summed E-state index contributed by atoms with van der Waals surface area (Å²) in [7, 11) is 1.62. The van der Waals surface area contributed by atoms with Crippen molar-refractivity contribution in [3.05, 3.63) is 54.4 Å². The number of methoxy groups -OCH3 is 1. The first-order valence-corrected chi connectivity index (χ1v) is 10.4. The lowest BCUT2D eigenvalue weighted by Crippen LogP contribution is -2.07. The van der Waals surface area contributed by atoms with Crippen LogP contribution in [0.2, 0.25) is 0 Å². The molecule has 9 heteroatoms. The molecule has 4 rings (SSSR count). The molecule has 1 atom stereocenters. The summed E-state index contributed by atoms with van der Waals surface area (Å²) in [5, 5.41) is 8.97. The lowest BCUT2D eigenvalue weighted by molar-refractivity contribution is 0.0715. The molecule has 0 spiro atoms. The average Bonchev–Trinajstić information content (AvgIpc) is 3.35. The van der Waals surface area contributed by atoms with Crippen molar-refractivity contribution in [1.82, 2.24) is 24.3 Å². The summed E-state index contributed by atoms with van der Waals surface area (Å²) in [5.41, 5.74) is 1.88. The standard InChI is InChI=1S/C21H21F2N5OS/c1-4-27-19(14-9-11-15(29-3)12-10-14)25-26-21(27)30-13(2)18-24-16-7-5-6-8-17(16)28(18)20(22)23/h5-13,20H,4H2,1-3H3. The monoisotopic (exact) mass is 429 g/mol. The number of para-hydroxylation sites is 2. The van der Waals surface area contributed by atoms with Crippen molar-refractivity contribution >= 4 is 22.8 Å². The lowest BCUT2D eigenvalue weighted by Gasteiger charge is -2.14. The van der Waals surface area contributed by atoms with Crippen LogP contribution in [0.5, 0.6) is 5.75 Å². The molecule has 30 heavy (non-hydrogen) atoms. The molecule has 2 aromatic carbocycles. The quantitative estimate of drug-likeness (QED) is 0.359. The van der Waals surface area contributed by atoms with E-state index in [1.165, 1.54) is 11.8 Å². The summed E-state index contributed by atoms with van der Waals surface area (Å²) in [5.74, 6) is 1.79. The van der Waals surface area contributed by atoms with Gasteiger partial charge in [0.15, 0.2) is 11.0 Å². The Morgan fingerprint density at radius 2 is 1.80 bits per heavy atom. The fraction of sp³-hybridized carbons (Fsp3) is 0.286. The van der Waals surface area contributed by atoms with Crippen molar-refractivity contribution in [3.8, 4) is 17.1 Å². The van der Waals surface area contributed by atoms with Crippen LogP contribution < -0.4 is 4.74 Å². The van der Waals surface area contributed by atoms with Crippen molar-refractivity contribution in [1.29, 1.82) is 0 Å². The molecule has 0 aliphatic carbocycles. The number of thioether (sulfide) groups is 1. The normalized spacial score (nSPS) is 12.6. The Kier molecular flexibility index (Phi) is 5.72. The third-order valence-electron chi connectivity index (χ3n) is 4.85. The highest BCUT2D eigenvalue weighted by Gasteiger charge is 2.24. The maximum atomic E-state index is 13.8. The Morgan fingerprint density at radius 3 is 2.47 bits per heavy atom. The number of hydrogen-bond acceptors (Lipinski definition) is 5. The Bertz CT molecular complexity index is 1160. The van der Waals surface area contributed by atoms with Gasteiger partial charge in [-0.25, -0.2) is 4.98 Å². The minimum atomic E-state index is -2.67. The van der Waals surface area contributed by atoms with Gasteiger partial charge in [-0.15, -0.1) is 10.2 Å². The van der Waals surface area contributed by atoms with Gasteiger partial charge in [-0.05, 0) is 50.2 Å². The number of hydrogen-bond donors (Lipinski definition) is 0. The first-order chi connectivity index (χ1) is 14.5. The minimum Gasteiger partial charge on any atom is -0.497 e. The number of imidazole rings is 1. The molecule has 2 heterocycles. The van der Waals surface area contributed by atoms with Gasteiger partial charge in [0.1, 0.15) is 11.6 Å². The van der Waals surface area contributed by atoms with Gasteiger partial charge in [0, 0.05) is 12.1 Å². The number of fused-ring (bicyclic) bond motifs is 1. The van der Waals surface area contributed by atoms with Gasteiger partial charge in [0.25, 0.3) is 0 Å². The van der Waals surface area contributed by atoms with Gasteiger partial charge >= 0.3 is 6.55 Å². The van der Waals surface area contributed by atoms with Crippen molar-refractivity contribution in [3.63, 3.8) is 0 Å². The van der Waals surface area contributed by atoms with Crippen molar-refractivity contribution < 1.29 is 13.5 Å². The van der Waals surface area contributed by atoms with Crippen LogP contribution in [0.15, 0.2) is 53.7 Å². The minimum absolute atomic E-state index is 0.313. The van der Waals surface area contributed by atoms with Crippen molar-refractivity contribution in [2.24, 2.45) is 0 Å². The summed E-state index contributed by atoms with van der Waals surface area (Å²) in [6, 6.07) is 14.5. The summed E-state index contributed by atoms with van der Waals surface area (Å²) in [4.78, 5) is 4.46. The van der Waals surface area contributed by atoms with Gasteiger partial charge in [-0.1, -0.05) is 23.9 Å². The third kappa shape index (κ3) is 3.65. The molecule has 0 aliphatic rings. The molecule has 156 valence electrons. The summed E-state index contributed by atoms with van der Waals surface area (Å²) in [6.45, 7) is 1.83. The van der Waals surface area contributed by atoms with Crippen LogP contribution in [0.4, 0.5) is 8.78 Å². The molecule has 0 saturated carbocycles. The van der Waals surface area contributed by atoms with Gasteiger partial charge in [0.2, 0.25) is 0 Å². The topological polar surface area (TPSA) is 57.8 Å². The SMILES string of the molecule is CCn1c(SC(C)c2nc3ccccc3n2C(F)F)nnc1-c1ccc(OC)cc1. The Labute approximate surface area is 176 Å². The molecule has 0 aliphatic heterocycles. The van der Waals surface area contributed by atoms with Crippen LogP contribution >= 0.6 is 11.8 Å². The Balaban J connectivity index is 1.67. The van der Waals surface area contributed by atoms with Crippen LogP contribution in [0.1, 0.15) is 31.5 Å². The van der Waals surface area contributed by atoms with E-state index in [0.29, 0.717) is 28.6 Å². The van der Waals surface area contributed by atoms with Crippen LogP contribution in [-0.2, 0) is 6.54 Å². The second kappa shape index (κ2) is 8.43. The molecule has 0 N–H and O–H groups in total. The molecule has 0 radical (unpaired) electrons. The van der Waals surface area contributed by atoms with E-state index in [1.807, 2.05) is 42.7 Å². The first kappa shape index (κ1) is 20.3. The zero-order valence-corrected chi connectivity index (χ0v) is 17.6. The maximum Gasteiger partial charge on any atom is 0.320 e. The number of ether oxygens (including phenoxy) is 1. The number of halogens is 2. The molecule has 2 aromatic heterocycles. The first-order valence-electron chi connectivity index (χ1n) is 9.52. The second-order valence-corrected chi connectivity index (χ2v) is 7.95.